The lowest BCUT2D eigenvalue weighted by molar-refractivity contribution is -0.384. The number of fused-ring (bicyclic) bond motifs is 1. The number of nitro benzene ring substituents is 1. The lowest BCUT2D eigenvalue weighted by Crippen LogP contribution is -2.16. The highest BCUT2D eigenvalue weighted by Gasteiger charge is 2.28. The summed E-state index contributed by atoms with van der Waals surface area (Å²) in [6.07, 6.45) is 5.05. The van der Waals surface area contributed by atoms with Crippen molar-refractivity contribution in [3.05, 3.63) is 128 Å². The minimum atomic E-state index is -0.639. The molecule has 0 saturated heterocycles. The molecule has 0 aliphatic heterocycles. The van der Waals surface area contributed by atoms with Gasteiger partial charge in [0, 0.05) is 28.3 Å². The largest absolute Gasteiger partial charge is 0.462 e. The number of amides is 1. The number of carbonyl (C=O) groups excluding carboxylic acids is 2. The molecule has 0 atom stereocenters. The number of hydrogen-bond donors (Lipinski definition) is 1. The molecule has 1 N–H and O–H groups in total. The van der Waals surface area contributed by atoms with Crippen LogP contribution in [0.4, 0.5) is 10.7 Å². The highest BCUT2D eigenvalue weighted by Crippen LogP contribution is 2.40. The summed E-state index contributed by atoms with van der Waals surface area (Å²) in [5.41, 5.74) is 5.50. The van der Waals surface area contributed by atoms with Gasteiger partial charge in [-0.25, -0.2) is 4.79 Å². The Morgan fingerprint density at radius 1 is 1.00 bits per heavy atom. The van der Waals surface area contributed by atoms with Gasteiger partial charge in [0.1, 0.15) is 16.6 Å². The van der Waals surface area contributed by atoms with Gasteiger partial charge in [0.2, 0.25) is 0 Å². The van der Waals surface area contributed by atoms with Crippen LogP contribution in [0.5, 0.6) is 0 Å². The number of ether oxygens (including phenoxy) is 1. The molecule has 47 heavy (non-hydrogen) atoms. The number of esters is 1. The lowest BCUT2D eigenvalue weighted by Gasteiger charge is -2.15. The summed E-state index contributed by atoms with van der Waals surface area (Å²) in [6, 6.07) is 29.4. The number of nitro groups is 1. The Kier molecular flexibility index (Phi) is 9.09. The van der Waals surface area contributed by atoms with Crippen LogP contribution in [0.1, 0.15) is 46.1 Å². The highest BCUT2D eigenvalue weighted by atomic mass is 32.1. The highest BCUT2D eigenvalue weighted by molar-refractivity contribution is 7.17. The normalized spacial score (nSPS) is 12.6. The van der Waals surface area contributed by atoms with E-state index in [1.54, 1.807) is 25.1 Å². The molecule has 1 aliphatic carbocycles. The summed E-state index contributed by atoms with van der Waals surface area (Å²) in [5.74, 6) is -1.12. The van der Waals surface area contributed by atoms with Crippen LogP contribution in [0.15, 0.2) is 96.6 Å². The quantitative estimate of drug-likeness (QED) is 0.0566. The monoisotopic (exact) mass is 642 g/mol. The number of nitriles is 1. The van der Waals surface area contributed by atoms with E-state index in [9.17, 15) is 25.0 Å². The van der Waals surface area contributed by atoms with Gasteiger partial charge >= 0.3 is 5.97 Å². The van der Waals surface area contributed by atoms with E-state index in [2.05, 4.69) is 11.4 Å². The van der Waals surface area contributed by atoms with E-state index in [0.717, 1.165) is 52.9 Å². The van der Waals surface area contributed by atoms with Crippen molar-refractivity contribution in [1.82, 2.24) is 4.57 Å². The van der Waals surface area contributed by atoms with Crippen LogP contribution in [0.3, 0.4) is 0 Å². The first-order valence-corrected chi connectivity index (χ1v) is 16.1. The molecule has 1 amide bonds. The maximum Gasteiger partial charge on any atom is 0.341 e. The first kappa shape index (κ1) is 31.2. The summed E-state index contributed by atoms with van der Waals surface area (Å²) in [5, 5.41) is 24.9. The second-order valence-electron chi connectivity index (χ2n) is 10.9. The first-order valence-electron chi connectivity index (χ1n) is 15.3. The molecule has 2 heterocycles. The first-order chi connectivity index (χ1) is 22.9. The number of thiophene rings is 1. The molecule has 0 spiro atoms. The van der Waals surface area contributed by atoms with Crippen LogP contribution >= 0.6 is 11.3 Å². The van der Waals surface area contributed by atoms with Crippen molar-refractivity contribution >= 4 is 40.0 Å². The Hall–Kier alpha value is -5.79. The SMILES string of the molecule is CCOC(=O)c1c(NC(=O)/C(C#N)=C/c2cc(-c3ccccc3)n(-c3ccc([N+](=O)[O-])cc3)c2-c2ccccc2)sc2c1CCCC2. The zero-order valence-electron chi connectivity index (χ0n) is 25.6. The molecule has 3 aromatic carbocycles. The van der Waals surface area contributed by atoms with Crippen LogP contribution in [0.25, 0.3) is 34.3 Å². The van der Waals surface area contributed by atoms with Crippen LogP contribution in [0.2, 0.25) is 0 Å². The predicted molar refractivity (Wildman–Crippen MR) is 182 cm³/mol. The Labute approximate surface area is 275 Å². The third-order valence-corrected chi connectivity index (χ3v) is 9.22. The van der Waals surface area contributed by atoms with Crippen LogP contribution < -0.4 is 5.32 Å². The molecule has 0 unspecified atom stereocenters. The average Bonchev–Trinajstić information content (AvgIpc) is 3.66. The number of rotatable bonds is 9. The Morgan fingerprint density at radius 2 is 1.66 bits per heavy atom. The molecule has 0 saturated carbocycles. The maximum atomic E-state index is 13.8. The second-order valence-corrected chi connectivity index (χ2v) is 12.0. The zero-order chi connectivity index (χ0) is 32.9. The Balaban J connectivity index is 1.50. The van der Waals surface area contributed by atoms with Gasteiger partial charge in [-0.15, -0.1) is 11.3 Å². The van der Waals surface area contributed by atoms with Crippen molar-refractivity contribution in [2.75, 3.05) is 11.9 Å². The standard InChI is InChI=1S/C37H30N4O5S/c1-2-46-37(43)33-30-15-9-10-16-32(30)47-36(33)39-35(42)27(23-38)21-26-22-31(24-11-5-3-6-12-24)40(34(26)25-13-7-4-8-14-25)28-17-19-29(20-18-28)41(44)45/h3-8,11-14,17-22H,2,9-10,15-16H2,1H3,(H,39,42)/b27-21+. The smallest absolute Gasteiger partial charge is 0.341 e. The average molecular weight is 643 g/mol. The number of aryl methyl sites for hydroxylation is 1. The molecule has 6 rings (SSSR count). The molecular formula is C37H30N4O5S. The van der Waals surface area contributed by atoms with Gasteiger partial charge in [-0.2, -0.15) is 5.26 Å². The van der Waals surface area contributed by atoms with Crippen molar-refractivity contribution < 1.29 is 19.2 Å². The summed E-state index contributed by atoms with van der Waals surface area (Å²) in [4.78, 5) is 38.8. The third-order valence-electron chi connectivity index (χ3n) is 8.01. The number of aromatic nitrogens is 1. The van der Waals surface area contributed by atoms with E-state index in [1.165, 1.54) is 23.5 Å². The molecule has 10 heteroatoms. The number of nitrogens with zero attached hydrogens (tertiary/aromatic N) is 3. The van der Waals surface area contributed by atoms with Crippen molar-refractivity contribution in [3.8, 4) is 34.3 Å². The minimum Gasteiger partial charge on any atom is -0.462 e. The van der Waals surface area contributed by atoms with Gasteiger partial charge in [-0.1, -0.05) is 60.7 Å². The van der Waals surface area contributed by atoms with Gasteiger partial charge in [0.15, 0.2) is 0 Å². The number of benzene rings is 3. The molecule has 0 bridgehead atoms. The van der Waals surface area contributed by atoms with E-state index in [4.69, 9.17) is 4.74 Å². The third kappa shape index (κ3) is 6.34. The molecular weight excluding hydrogens is 612 g/mol. The summed E-state index contributed by atoms with van der Waals surface area (Å²) in [6.45, 7) is 1.94. The molecule has 0 fully saturated rings. The van der Waals surface area contributed by atoms with Crippen molar-refractivity contribution in [2.24, 2.45) is 0 Å². The minimum absolute atomic E-state index is 0.0376. The van der Waals surface area contributed by atoms with Gasteiger partial charge in [0.05, 0.1) is 28.5 Å². The fraction of sp³-hybridized carbons (Fsp3) is 0.162. The zero-order valence-corrected chi connectivity index (χ0v) is 26.4. The Bertz CT molecular complexity index is 2040. The predicted octanol–water partition coefficient (Wildman–Crippen LogP) is 8.38. The van der Waals surface area contributed by atoms with Crippen LogP contribution in [-0.2, 0) is 22.4 Å². The fourth-order valence-corrected chi connectivity index (χ4v) is 7.16. The second kappa shape index (κ2) is 13.7. The van der Waals surface area contributed by atoms with Gasteiger partial charge in [0.25, 0.3) is 11.6 Å². The topological polar surface area (TPSA) is 127 Å². The van der Waals surface area contributed by atoms with Crippen molar-refractivity contribution in [3.63, 3.8) is 0 Å². The van der Waals surface area contributed by atoms with Crippen molar-refractivity contribution in [2.45, 2.75) is 32.6 Å². The Morgan fingerprint density at radius 3 is 2.30 bits per heavy atom. The van der Waals surface area contributed by atoms with Crippen LogP contribution in [-0.4, -0.2) is 28.0 Å². The van der Waals surface area contributed by atoms with E-state index in [-0.39, 0.29) is 17.9 Å². The lowest BCUT2D eigenvalue weighted by atomic mass is 9.95. The maximum absolute atomic E-state index is 13.8. The molecule has 1 aliphatic rings. The summed E-state index contributed by atoms with van der Waals surface area (Å²) in [7, 11) is 0. The number of carbonyl (C=O) groups is 2. The molecule has 0 radical (unpaired) electrons. The van der Waals surface area contributed by atoms with Crippen LogP contribution in [0, 0.1) is 21.4 Å². The van der Waals surface area contributed by atoms with E-state index in [0.29, 0.717) is 27.5 Å². The summed E-state index contributed by atoms with van der Waals surface area (Å²) >= 11 is 1.36. The fourth-order valence-electron chi connectivity index (χ4n) is 5.89. The number of hydrogen-bond acceptors (Lipinski definition) is 7. The van der Waals surface area contributed by atoms with E-state index >= 15 is 0 Å². The van der Waals surface area contributed by atoms with Gasteiger partial charge in [-0.05, 0) is 73.6 Å². The van der Waals surface area contributed by atoms with Gasteiger partial charge < -0.3 is 14.6 Å². The van der Waals surface area contributed by atoms with E-state index < -0.39 is 16.8 Å². The molecule has 2 aromatic heterocycles. The summed E-state index contributed by atoms with van der Waals surface area (Å²) < 4.78 is 7.31. The molecule has 234 valence electrons. The molecule has 5 aromatic rings. The number of non-ortho nitro benzene ring substituents is 1. The molecule has 9 nitrogen and oxygen atoms in total. The van der Waals surface area contributed by atoms with E-state index in [1.807, 2.05) is 71.3 Å². The number of anilines is 1. The number of nitrogens with one attached hydrogen (secondary N) is 1. The van der Waals surface area contributed by atoms with Gasteiger partial charge in [-0.3, -0.25) is 14.9 Å². The van der Waals surface area contributed by atoms with Crippen molar-refractivity contribution in [1.29, 1.82) is 5.26 Å².